The van der Waals surface area contributed by atoms with Crippen molar-refractivity contribution in [3.8, 4) is 0 Å². The average Bonchev–Trinajstić information content (AvgIpc) is 2.39. The summed E-state index contributed by atoms with van der Waals surface area (Å²) in [5, 5.41) is 1.88. The van der Waals surface area contributed by atoms with Gasteiger partial charge in [-0.05, 0) is 30.7 Å². The van der Waals surface area contributed by atoms with Crippen LogP contribution in [0.1, 0.15) is 15.9 Å². The fraction of sp³-hybridized carbons (Fsp3) is 0.417. The standard InChI is InChI=1S/C12H18N4O2/c1-9-8-10(14-13)2-3-11(9)12(17)15-16-4-6-18-7-5-16/h2-3,8,14H,4-7,13H2,1H3,(H,15,17). The van der Waals surface area contributed by atoms with Gasteiger partial charge in [-0.25, -0.2) is 5.01 Å². The molecule has 0 radical (unpaired) electrons. The van der Waals surface area contributed by atoms with E-state index >= 15 is 0 Å². The first-order chi connectivity index (χ1) is 8.70. The van der Waals surface area contributed by atoms with Crippen LogP contribution in [0.4, 0.5) is 5.69 Å². The van der Waals surface area contributed by atoms with E-state index in [1.54, 1.807) is 12.1 Å². The molecule has 6 heteroatoms. The van der Waals surface area contributed by atoms with Crippen LogP contribution in [0, 0.1) is 6.92 Å². The highest BCUT2D eigenvalue weighted by Gasteiger charge is 2.15. The Balaban J connectivity index is 2.03. The average molecular weight is 250 g/mol. The van der Waals surface area contributed by atoms with Crippen molar-refractivity contribution in [3.05, 3.63) is 29.3 Å². The smallest absolute Gasteiger partial charge is 0.265 e. The second kappa shape index (κ2) is 5.81. The van der Waals surface area contributed by atoms with Gasteiger partial charge in [-0.15, -0.1) is 0 Å². The van der Waals surface area contributed by atoms with E-state index in [-0.39, 0.29) is 5.91 Å². The number of benzene rings is 1. The zero-order valence-corrected chi connectivity index (χ0v) is 10.4. The molecule has 0 bridgehead atoms. The zero-order chi connectivity index (χ0) is 13.0. The predicted octanol–water partition coefficient (Wildman–Crippen LogP) is 0.258. The molecule has 6 nitrogen and oxygen atoms in total. The number of nitrogens with one attached hydrogen (secondary N) is 2. The number of nitrogens with two attached hydrogens (primary N) is 1. The Morgan fingerprint density at radius 1 is 1.39 bits per heavy atom. The molecule has 1 aromatic carbocycles. The minimum atomic E-state index is -0.0991. The van der Waals surface area contributed by atoms with Crippen LogP contribution >= 0.6 is 0 Å². The van der Waals surface area contributed by atoms with Gasteiger partial charge in [0.1, 0.15) is 0 Å². The molecule has 0 atom stereocenters. The van der Waals surface area contributed by atoms with E-state index < -0.39 is 0 Å². The number of amides is 1. The monoisotopic (exact) mass is 250 g/mol. The first-order valence-corrected chi connectivity index (χ1v) is 5.91. The third-order valence-electron chi connectivity index (χ3n) is 2.91. The molecule has 1 fully saturated rings. The topological polar surface area (TPSA) is 79.6 Å². The maximum absolute atomic E-state index is 12.1. The lowest BCUT2D eigenvalue weighted by atomic mass is 10.1. The summed E-state index contributed by atoms with van der Waals surface area (Å²) < 4.78 is 5.23. The Bertz CT molecular complexity index is 430. The van der Waals surface area contributed by atoms with Crippen molar-refractivity contribution >= 4 is 11.6 Å². The summed E-state index contributed by atoms with van der Waals surface area (Å²) in [6.07, 6.45) is 0. The molecule has 0 aliphatic carbocycles. The molecule has 1 heterocycles. The number of nitrogen functional groups attached to an aromatic ring is 1. The summed E-state index contributed by atoms with van der Waals surface area (Å²) in [4.78, 5) is 12.1. The summed E-state index contributed by atoms with van der Waals surface area (Å²) in [6, 6.07) is 5.38. The highest BCUT2D eigenvalue weighted by Crippen LogP contribution is 2.14. The van der Waals surface area contributed by atoms with Crippen molar-refractivity contribution in [3.63, 3.8) is 0 Å². The van der Waals surface area contributed by atoms with E-state index in [4.69, 9.17) is 10.6 Å². The zero-order valence-electron chi connectivity index (χ0n) is 10.4. The Morgan fingerprint density at radius 3 is 2.72 bits per heavy atom. The number of aryl methyl sites for hydroxylation is 1. The van der Waals surface area contributed by atoms with E-state index in [9.17, 15) is 4.79 Å². The second-order valence-electron chi connectivity index (χ2n) is 4.21. The van der Waals surface area contributed by atoms with Gasteiger partial charge in [-0.3, -0.25) is 16.1 Å². The van der Waals surface area contributed by atoms with E-state index in [1.807, 2.05) is 18.0 Å². The number of nitrogens with zero attached hydrogens (tertiary/aromatic N) is 1. The fourth-order valence-electron chi connectivity index (χ4n) is 1.89. The van der Waals surface area contributed by atoms with E-state index in [0.29, 0.717) is 31.9 Å². The van der Waals surface area contributed by atoms with Crippen molar-refractivity contribution in [1.82, 2.24) is 10.4 Å². The summed E-state index contributed by atoms with van der Waals surface area (Å²) in [5.41, 5.74) is 7.76. The minimum absolute atomic E-state index is 0.0991. The molecule has 1 amide bonds. The quantitative estimate of drug-likeness (QED) is 0.529. The number of anilines is 1. The molecule has 0 aromatic heterocycles. The first-order valence-electron chi connectivity index (χ1n) is 5.91. The van der Waals surface area contributed by atoms with Gasteiger partial charge in [0, 0.05) is 24.3 Å². The van der Waals surface area contributed by atoms with Gasteiger partial charge in [0.2, 0.25) is 0 Å². The predicted molar refractivity (Wildman–Crippen MR) is 68.8 cm³/mol. The number of ether oxygens (including phenoxy) is 1. The van der Waals surface area contributed by atoms with Gasteiger partial charge in [0.15, 0.2) is 0 Å². The number of morpholine rings is 1. The van der Waals surface area contributed by atoms with Crippen molar-refractivity contribution in [2.24, 2.45) is 5.84 Å². The summed E-state index contributed by atoms with van der Waals surface area (Å²) in [6.45, 7) is 4.61. The maximum atomic E-state index is 12.1. The van der Waals surface area contributed by atoms with Crippen LogP contribution in [-0.2, 0) is 4.74 Å². The normalized spacial score (nSPS) is 16.3. The second-order valence-corrected chi connectivity index (χ2v) is 4.21. The van der Waals surface area contributed by atoms with Crippen LogP contribution in [0.15, 0.2) is 18.2 Å². The molecule has 4 N–H and O–H groups in total. The molecule has 1 saturated heterocycles. The van der Waals surface area contributed by atoms with Gasteiger partial charge in [0.05, 0.1) is 13.2 Å². The van der Waals surface area contributed by atoms with Crippen LogP contribution < -0.4 is 16.7 Å². The molecule has 1 aromatic rings. The number of hydrogen-bond donors (Lipinski definition) is 3. The number of carbonyl (C=O) groups excluding carboxylic acids is 1. The van der Waals surface area contributed by atoms with Gasteiger partial charge in [0.25, 0.3) is 5.91 Å². The SMILES string of the molecule is Cc1cc(NN)ccc1C(=O)NN1CCOCC1. The van der Waals surface area contributed by atoms with Gasteiger partial charge >= 0.3 is 0 Å². The van der Waals surface area contributed by atoms with Crippen molar-refractivity contribution < 1.29 is 9.53 Å². The third-order valence-corrected chi connectivity index (χ3v) is 2.91. The number of rotatable bonds is 3. The molecule has 0 saturated carbocycles. The Kier molecular flexibility index (Phi) is 4.14. The molecule has 18 heavy (non-hydrogen) atoms. The first kappa shape index (κ1) is 12.8. The van der Waals surface area contributed by atoms with Crippen molar-refractivity contribution in [1.29, 1.82) is 0 Å². The van der Waals surface area contributed by atoms with Crippen molar-refractivity contribution in [2.75, 3.05) is 31.7 Å². The number of carbonyl (C=O) groups is 1. The van der Waals surface area contributed by atoms with Crippen LogP contribution in [0.5, 0.6) is 0 Å². The van der Waals surface area contributed by atoms with E-state index in [2.05, 4.69) is 10.9 Å². The highest BCUT2D eigenvalue weighted by molar-refractivity contribution is 5.95. The fourth-order valence-corrected chi connectivity index (χ4v) is 1.89. The lowest BCUT2D eigenvalue weighted by Gasteiger charge is -2.27. The Morgan fingerprint density at radius 2 is 2.11 bits per heavy atom. The number of hydrogen-bond acceptors (Lipinski definition) is 5. The molecule has 1 aliphatic heterocycles. The van der Waals surface area contributed by atoms with E-state index in [0.717, 1.165) is 11.3 Å². The van der Waals surface area contributed by atoms with Gasteiger partial charge < -0.3 is 10.2 Å². The molecule has 0 spiro atoms. The Labute approximate surface area is 106 Å². The van der Waals surface area contributed by atoms with Crippen LogP contribution in [0.3, 0.4) is 0 Å². The lowest BCUT2D eigenvalue weighted by Crippen LogP contribution is -2.48. The molecular formula is C12H18N4O2. The molecule has 2 rings (SSSR count). The van der Waals surface area contributed by atoms with E-state index in [1.165, 1.54) is 0 Å². The van der Waals surface area contributed by atoms with Crippen molar-refractivity contribution in [2.45, 2.75) is 6.92 Å². The van der Waals surface area contributed by atoms with Crippen LogP contribution in [0.25, 0.3) is 0 Å². The van der Waals surface area contributed by atoms with Crippen LogP contribution in [-0.4, -0.2) is 37.2 Å². The summed E-state index contributed by atoms with van der Waals surface area (Å²) in [5.74, 6) is 5.22. The van der Waals surface area contributed by atoms with Crippen LogP contribution in [0.2, 0.25) is 0 Å². The Hall–Kier alpha value is -1.63. The van der Waals surface area contributed by atoms with Gasteiger partial charge in [-0.2, -0.15) is 0 Å². The number of hydrazine groups is 2. The molecule has 98 valence electrons. The molecular weight excluding hydrogens is 232 g/mol. The highest BCUT2D eigenvalue weighted by atomic mass is 16.5. The summed E-state index contributed by atoms with van der Waals surface area (Å²) >= 11 is 0. The maximum Gasteiger partial charge on any atom is 0.265 e. The summed E-state index contributed by atoms with van der Waals surface area (Å²) in [7, 11) is 0. The molecule has 1 aliphatic rings. The lowest BCUT2D eigenvalue weighted by molar-refractivity contribution is 0.0126. The minimum Gasteiger partial charge on any atom is -0.379 e. The van der Waals surface area contributed by atoms with Gasteiger partial charge in [-0.1, -0.05) is 0 Å². The third kappa shape index (κ3) is 2.98. The largest absolute Gasteiger partial charge is 0.379 e. The molecule has 0 unspecified atom stereocenters.